The first-order valence-electron chi connectivity index (χ1n) is 10.3. The number of hydrogen-bond acceptors (Lipinski definition) is 5. The van der Waals surface area contributed by atoms with Gasteiger partial charge in [0, 0.05) is 5.56 Å². The van der Waals surface area contributed by atoms with Crippen molar-refractivity contribution in [3.05, 3.63) is 53.3 Å². The number of benzene rings is 1. The number of aromatic hydroxyl groups is 1. The topological polar surface area (TPSA) is 74.0 Å². The van der Waals surface area contributed by atoms with Gasteiger partial charge in [0.1, 0.15) is 12.1 Å². The van der Waals surface area contributed by atoms with Crippen molar-refractivity contribution >= 4 is 17.8 Å². The predicted octanol–water partition coefficient (Wildman–Crippen LogP) is 6.40. The molecule has 0 saturated carbocycles. The molecule has 0 spiro atoms. The third kappa shape index (κ3) is 8.76. The first-order valence-corrected chi connectivity index (χ1v) is 10.3. The molecule has 2 rings (SSSR count). The lowest BCUT2D eigenvalue weighted by atomic mass is 9.85. The number of carbonyl (C=O) groups is 1. The van der Waals surface area contributed by atoms with Crippen LogP contribution in [0.5, 0.6) is 5.75 Å². The van der Waals surface area contributed by atoms with Crippen molar-refractivity contribution in [1.29, 1.82) is 0 Å². The average Bonchev–Trinajstić information content (AvgIpc) is 2.64. The van der Waals surface area contributed by atoms with Gasteiger partial charge in [-0.15, -0.1) is 0 Å². The molecule has 30 heavy (non-hydrogen) atoms. The SMILES string of the molecule is C=C(/C=C1\NN=CN=C1C)C(C)(C)C.CC.CC(=O)c1ccc(O)c(C(C)(C)C)c1. The van der Waals surface area contributed by atoms with E-state index in [4.69, 9.17) is 0 Å². The molecular formula is C25H39N3O2. The first-order chi connectivity index (χ1) is 13.7. The fourth-order valence-electron chi connectivity index (χ4n) is 2.25. The number of hydrogen-bond donors (Lipinski definition) is 2. The van der Waals surface area contributed by atoms with Gasteiger partial charge in [-0.3, -0.25) is 10.2 Å². The molecule has 1 aliphatic heterocycles. The maximum Gasteiger partial charge on any atom is 0.159 e. The Morgan fingerprint density at radius 3 is 2.13 bits per heavy atom. The van der Waals surface area contributed by atoms with E-state index in [0.717, 1.165) is 22.5 Å². The molecule has 0 amide bonds. The Labute approximate surface area is 182 Å². The highest BCUT2D eigenvalue weighted by Crippen LogP contribution is 2.31. The van der Waals surface area contributed by atoms with Crippen molar-refractivity contribution < 1.29 is 9.90 Å². The molecule has 0 bridgehead atoms. The summed E-state index contributed by atoms with van der Waals surface area (Å²) in [5.74, 6) is 0.276. The second-order valence-corrected chi connectivity index (χ2v) is 8.94. The van der Waals surface area contributed by atoms with E-state index in [1.165, 1.54) is 13.3 Å². The van der Waals surface area contributed by atoms with Gasteiger partial charge < -0.3 is 5.11 Å². The third-order valence-electron chi connectivity index (χ3n) is 4.38. The van der Waals surface area contributed by atoms with Crippen LogP contribution in [0.2, 0.25) is 0 Å². The van der Waals surface area contributed by atoms with E-state index in [-0.39, 0.29) is 22.4 Å². The summed E-state index contributed by atoms with van der Waals surface area (Å²) in [6.45, 7) is 23.9. The minimum atomic E-state index is -0.143. The summed E-state index contributed by atoms with van der Waals surface area (Å²) in [5.41, 5.74) is 7.22. The van der Waals surface area contributed by atoms with Crippen LogP contribution in [0, 0.1) is 5.41 Å². The lowest BCUT2D eigenvalue weighted by molar-refractivity contribution is 0.101. The summed E-state index contributed by atoms with van der Waals surface area (Å²) in [6, 6.07) is 4.99. The summed E-state index contributed by atoms with van der Waals surface area (Å²) in [6.07, 6.45) is 3.50. The maximum absolute atomic E-state index is 11.2. The second-order valence-electron chi connectivity index (χ2n) is 8.94. The standard InChI is InChI=1S/C12H16O2.C11H17N3.C2H6/c1-8(13)9-5-6-11(14)10(7-9)12(2,3)4;1-8(11(3,4)5)6-10-9(2)12-7-13-14-10;1-2/h5-7,14H,1-4H3;6-7,14H,1H2,2-5H3;1-2H3/b;10-6-;. The number of ketones is 1. The molecule has 166 valence electrons. The van der Waals surface area contributed by atoms with Gasteiger partial charge in [0.2, 0.25) is 0 Å². The van der Waals surface area contributed by atoms with E-state index < -0.39 is 0 Å². The number of hydrazone groups is 1. The molecule has 0 saturated heterocycles. The van der Waals surface area contributed by atoms with Crippen LogP contribution in [0.3, 0.4) is 0 Å². The van der Waals surface area contributed by atoms with E-state index in [2.05, 4.69) is 42.9 Å². The number of rotatable bonds is 2. The number of allylic oxidation sites excluding steroid dienone is 3. The van der Waals surface area contributed by atoms with Crippen LogP contribution in [0.25, 0.3) is 0 Å². The van der Waals surface area contributed by atoms with E-state index in [1.54, 1.807) is 18.2 Å². The Hall–Kier alpha value is -2.69. The van der Waals surface area contributed by atoms with Crippen molar-refractivity contribution in [2.75, 3.05) is 0 Å². The minimum absolute atomic E-state index is 0.0236. The molecule has 0 unspecified atom stereocenters. The smallest absolute Gasteiger partial charge is 0.159 e. The van der Waals surface area contributed by atoms with Gasteiger partial charge in [0.15, 0.2) is 5.78 Å². The highest BCUT2D eigenvalue weighted by atomic mass is 16.3. The molecule has 2 N–H and O–H groups in total. The van der Waals surface area contributed by atoms with Gasteiger partial charge >= 0.3 is 0 Å². The zero-order valence-corrected chi connectivity index (χ0v) is 20.3. The molecule has 0 fully saturated rings. The Balaban J connectivity index is 0.000000518. The van der Waals surface area contributed by atoms with E-state index in [9.17, 15) is 9.90 Å². The summed E-state index contributed by atoms with van der Waals surface area (Å²) < 4.78 is 0. The minimum Gasteiger partial charge on any atom is -0.508 e. The van der Waals surface area contributed by atoms with E-state index >= 15 is 0 Å². The van der Waals surface area contributed by atoms with Crippen LogP contribution in [0.15, 0.2) is 52.2 Å². The number of phenolic OH excluding ortho intramolecular Hbond substituents is 1. The molecule has 5 heteroatoms. The van der Waals surface area contributed by atoms with Crippen LogP contribution < -0.4 is 5.43 Å². The van der Waals surface area contributed by atoms with Gasteiger partial charge in [-0.1, -0.05) is 62.0 Å². The van der Waals surface area contributed by atoms with Crippen molar-refractivity contribution in [3.8, 4) is 5.75 Å². The van der Waals surface area contributed by atoms with Crippen molar-refractivity contribution in [1.82, 2.24) is 5.43 Å². The summed E-state index contributed by atoms with van der Waals surface area (Å²) in [5, 5.41) is 13.5. The molecule has 5 nitrogen and oxygen atoms in total. The number of carbonyl (C=O) groups excluding carboxylic acids is 1. The van der Waals surface area contributed by atoms with Gasteiger partial charge in [0.05, 0.1) is 11.4 Å². The molecule has 1 aliphatic rings. The Bertz CT molecular complexity index is 833. The van der Waals surface area contributed by atoms with Crippen molar-refractivity contribution in [2.24, 2.45) is 15.5 Å². The Kier molecular flexibility index (Phi) is 10.5. The van der Waals surface area contributed by atoms with Gasteiger partial charge in [-0.25, -0.2) is 4.99 Å². The highest BCUT2D eigenvalue weighted by molar-refractivity contribution is 6.03. The van der Waals surface area contributed by atoms with E-state index in [0.29, 0.717) is 5.56 Å². The fourth-order valence-corrected chi connectivity index (χ4v) is 2.25. The normalized spacial score (nSPS) is 14.5. The molecule has 0 atom stereocenters. The second kappa shape index (κ2) is 11.5. The molecule has 1 heterocycles. The molecule has 0 radical (unpaired) electrons. The van der Waals surface area contributed by atoms with Crippen LogP contribution in [0.1, 0.15) is 85.2 Å². The van der Waals surface area contributed by atoms with Gasteiger partial charge in [-0.2, -0.15) is 5.10 Å². The van der Waals surface area contributed by atoms with Gasteiger partial charge in [-0.05, 0) is 60.1 Å². The quantitative estimate of drug-likeness (QED) is 0.551. The molecular weight excluding hydrogens is 374 g/mol. The van der Waals surface area contributed by atoms with Crippen LogP contribution in [-0.2, 0) is 5.41 Å². The largest absolute Gasteiger partial charge is 0.508 e. The summed E-state index contributed by atoms with van der Waals surface area (Å²) in [7, 11) is 0. The highest BCUT2D eigenvalue weighted by Gasteiger charge is 2.19. The molecule has 1 aromatic carbocycles. The van der Waals surface area contributed by atoms with E-state index in [1.807, 2.05) is 47.6 Å². The lowest BCUT2D eigenvalue weighted by Crippen LogP contribution is -2.19. The fraction of sp³-hybridized carbons (Fsp3) is 0.480. The average molecular weight is 414 g/mol. The Morgan fingerprint density at radius 2 is 1.70 bits per heavy atom. The monoisotopic (exact) mass is 413 g/mol. The van der Waals surface area contributed by atoms with Crippen molar-refractivity contribution in [3.63, 3.8) is 0 Å². The Morgan fingerprint density at radius 1 is 1.13 bits per heavy atom. The molecule has 1 aromatic rings. The lowest BCUT2D eigenvalue weighted by Gasteiger charge is -2.20. The maximum atomic E-state index is 11.2. The van der Waals surface area contributed by atoms with Crippen LogP contribution in [-0.4, -0.2) is 22.9 Å². The number of Topliss-reactive ketones (excluding diaryl/α,β-unsaturated/α-hetero) is 1. The zero-order valence-electron chi connectivity index (χ0n) is 20.3. The summed E-state index contributed by atoms with van der Waals surface area (Å²) in [4.78, 5) is 15.3. The summed E-state index contributed by atoms with van der Waals surface area (Å²) >= 11 is 0. The number of nitrogens with one attached hydrogen (secondary N) is 1. The van der Waals surface area contributed by atoms with Crippen molar-refractivity contribution in [2.45, 2.75) is 74.7 Å². The number of aliphatic imine (C=N–C) groups is 1. The van der Waals surface area contributed by atoms with Gasteiger partial charge in [0.25, 0.3) is 0 Å². The number of phenols is 1. The third-order valence-corrected chi connectivity index (χ3v) is 4.38. The van der Waals surface area contributed by atoms with Crippen LogP contribution in [0.4, 0.5) is 0 Å². The first kappa shape index (κ1) is 27.3. The number of nitrogens with zero attached hydrogens (tertiary/aromatic N) is 2. The molecule has 0 aliphatic carbocycles. The molecule has 0 aromatic heterocycles. The van der Waals surface area contributed by atoms with Crippen LogP contribution >= 0.6 is 0 Å². The zero-order chi connectivity index (χ0) is 23.7. The predicted molar refractivity (Wildman–Crippen MR) is 130 cm³/mol.